The van der Waals surface area contributed by atoms with E-state index in [0.29, 0.717) is 17.8 Å². The lowest BCUT2D eigenvalue weighted by Crippen LogP contribution is -2.41. The molecule has 0 radical (unpaired) electrons. The molecule has 0 atom stereocenters. The smallest absolute Gasteiger partial charge is 0.133 e. The fourth-order valence-electron chi connectivity index (χ4n) is 5.13. The highest BCUT2D eigenvalue weighted by Crippen LogP contribution is 2.43. The zero-order chi connectivity index (χ0) is 30.2. The van der Waals surface area contributed by atoms with Gasteiger partial charge in [-0.25, -0.2) is 20.0 Å². The van der Waals surface area contributed by atoms with Crippen LogP contribution in [0.3, 0.4) is 0 Å². The van der Waals surface area contributed by atoms with E-state index in [4.69, 9.17) is 10.7 Å². The van der Waals surface area contributed by atoms with Crippen LogP contribution in [0.1, 0.15) is 51.9 Å². The number of aryl methyl sites for hydroxylation is 1. The Morgan fingerprint density at radius 2 is 1.81 bits per heavy atom. The van der Waals surface area contributed by atoms with Crippen molar-refractivity contribution in [2.45, 2.75) is 47.5 Å². The van der Waals surface area contributed by atoms with Crippen molar-refractivity contribution < 1.29 is 0 Å². The first kappa shape index (κ1) is 29.9. The summed E-state index contributed by atoms with van der Waals surface area (Å²) < 4.78 is 0. The molecule has 1 aromatic heterocycles. The van der Waals surface area contributed by atoms with Crippen LogP contribution in [0.4, 0.5) is 11.4 Å². The topological polar surface area (TPSA) is 107 Å². The third-order valence-corrected chi connectivity index (χ3v) is 7.00. The van der Waals surface area contributed by atoms with Crippen LogP contribution in [0, 0.1) is 18.3 Å². The van der Waals surface area contributed by atoms with Gasteiger partial charge in [-0.1, -0.05) is 56.8 Å². The molecule has 0 fully saturated rings. The summed E-state index contributed by atoms with van der Waals surface area (Å²) in [6.45, 7) is 14.8. The maximum atomic E-state index is 10.1. The monoisotopic (exact) mass is 558 g/mol. The number of anilines is 1. The predicted molar refractivity (Wildman–Crippen MR) is 173 cm³/mol. The van der Waals surface area contributed by atoms with Gasteiger partial charge in [0.2, 0.25) is 0 Å². The second-order valence-corrected chi connectivity index (χ2v) is 10.1. The maximum absolute atomic E-state index is 10.1. The van der Waals surface area contributed by atoms with E-state index >= 15 is 0 Å². The number of aromatic nitrogens is 2. The molecule has 4 rings (SSSR count). The van der Waals surface area contributed by atoms with Crippen molar-refractivity contribution >= 4 is 28.6 Å². The third kappa shape index (κ3) is 6.47. The molecule has 0 bridgehead atoms. The molecule has 1 aliphatic rings. The number of nitrogens with zero attached hydrogens (tertiary/aromatic N) is 7. The normalized spacial score (nSPS) is 14.6. The summed E-state index contributed by atoms with van der Waals surface area (Å²) in [6, 6.07) is 18.8. The molecule has 2 heterocycles. The minimum atomic E-state index is 0.169. The molecule has 0 spiro atoms. The number of para-hydroxylation sites is 1. The maximum Gasteiger partial charge on any atom is 0.133 e. The quantitative estimate of drug-likeness (QED) is 0.209. The zero-order valence-electron chi connectivity index (χ0n) is 25.1. The van der Waals surface area contributed by atoms with Crippen LogP contribution in [0.15, 0.2) is 101 Å². The number of nitriles is 1. The highest BCUT2D eigenvalue weighted by atomic mass is 15.3. The Labute approximate surface area is 249 Å². The molecule has 0 amide bonds. The molecule has 42 heavy (non-hydrogen) atoms. The first-order valence-electron chi connectivity index (χ1n) is 14.2. The molecule has 2 aromatic carbocycles. The SMILES string of the molecule is C=C(N)/N=C(C)\C(C#N)=C(/C)N(CCC)CC1=Nc2cccc(-c3cnc(C)nc3)c2/C(=C\CC)N1c1ccccc1. The number of rotatable bonds is 10. The average molecular weight is 559 g/mol. The number of hydrogen-bond donors (Lipinski definition) is 1. The molecule has 1 aliphatic heterocycles. The lowest BCUT2D eigenvalue weighted by molar-refractivity contribution is 0.388. The molecule has 8 nitrogen and oxygen atoms in total. The van der Waals surface area contributed by atoms with E-state index in [9.17, 15) is 5.26 Å². The molecular formula is C34H38N8. The fourth-order valence-corrected chi connectivity index (χ4v) is 5.13. The van der Waals surface area contributed by atoms with Crippen molar-refractivity contribution in [1.82, 2.24) is 14.9 Å². The Hall–Kier alpha value is -5.03. The van der Waals surface area contributed by atoms with Crippen LogP contribution < -0.4 is 10.6 Å². The van der Waals surface area contributed by atoms with Crippen LogP contribution in [0.25, 0.3) is 16.8 Å². The number of fused-ring (bicyclic) bond motifs is 1. The largest absolute Gasteiger partial charge is 0.384 e. The molecular weight excluding hydrogens is 520 g/mol. The molecule has 2 N–H and O–H groups in total. The van der Waals surface area contributed by atoms with E-state index in [1.807, 2.05) is 50.5 Å². The van der Waals surface area contributed by atoms with Gasteiger partial charge in [-0.15, -0.1) is 0 Å². The number of hydrogen-bond acceptors (Lipinski definition) is 8. The summed E-state index contributed by atoms with van der Waals surface area (Å²) in [5.41, 5.74) is 13.5. The molecule has 214 valence electrons. The van der Waals surface area contributed by atoms with Gasteiger partial charge in [0, 0.05) is 41.4 Å². The van der Waals surface area contributed by atoms with Crippen molar-refractivity contribution in [3.05, 3.63) is 102 Å². The van der Waals surface area contributed by atoms with E-state index in [1.165, 1.54) is 0 Å². The highest BCUT2D eigenvalue weighted by molar-refractivity contribution is 6.16. The summed E-state index contributed by atoms with van der Waals surface area (Å²) in [6.07, 6.45) is 7.71. The van der Waals surface area contributed by atoms with Crippen molar-refractivity contribution in [3.63, 3.8) is 0 Å². The number of aliphatic imine (C=N–C) groups is 2. The molecule has 0 saturated heterocycles. The average Bonchev–Trinajstić information content (AvgIpc) is 2.97. The summed E-state index contributed by atoms with van der Waals surface area (Å²) in [5, 5.41) is 10.1. The predicted octanol–water partition coefficient (Wildman–Crippen LogP) is 7.15. The fraction of sp³-hybridized carbons (Fsp3) is 0.265. The first-order valence-corrected chi connectivity index (χ1v) is 14.2. The van der Waals surface area contributed by atoms with Gasteiger partial charge >= 0.3 is 0 Å². The second kappa shape index (κ2) is 13.6. The third-order valence-electron chi connectivity index (χ3n) is 7.00. The second-order valence-electron chi connectivity index (χ2n) is 10.1. The van der Waals surface area contributed by atoms with Crippen LogP contribution in [0.5, 0.6) is 0 Å². The standard InChI is InChI=1S/C34H38N8/c1-7-13-32-34-29(27-20-37-26(6)38-21-27)16-12-17-31(34)40-33(42(32)28-14-10-9-11-15-28)22-41(18-8-2)24(4)30(19-35)23(3)39-25(5)36/h9-17,20-21H,5,7-8,18,22,36H2,1-4,6H3/b30-24+,32-13+,39-23-. The lowest BCUT2D eigenvalue weighted by Gasteiger charge is -2.37. The number of nitrogens with two attached hydrogens (primary N) is 1. The Morgan fingerprint density at radius 1 is 1.10 bits per heavy atom. The van der Waals surface area contributed by atoms with Crippen LogP contribution in [-0.4, -0.2) is 39.5 Å². The van der Waals surface area contributed by atoms with Gasteiger partial charge in [0.05, 0.1) is 29.2 Å². The van der Waals surface area contributed by atoms with Gasteiger partial charge < -0.3 is 10.6 Å². The lowest BCUT2D eigenvalue weighted by atomic mass is 9.94. The zero-order valence-corrected chi connectivity index (χ0v) is 25.1. The van der Waals surface area contributed by atoms with Crippen molar-refractivity contribution in [1.29, 1.82) is 5.26 Å². The van der Waals surface area contributed by atoms with E-state index in [2.05, 4.69) is 81.6 Å². The minimum absolute atomic E-state index is 0.169. The van der Waals surface area contributed by atoms with Gasteiger partial charge in [0.15, 0.2) is 0 Å². The highest BCUT2D eigenvalue weighted by Gasteiger charge is 2.30. The van der Waals surface area contributed by atoms with E-state index in [1.54, 1.807) is 6.92 Å². The Balaban J connectivity index is 1.94. The van der Waals surface area contributed by atoms with Crippen molar-refractivity contribution in [3.8, 4) is 17.2 Å². The van der Waals surface area contributed by atoms with E-state index in [0.717, 1.165) is 70.5 Å². The number of amidine groups is 1. The summed E-state index contributed by atoms with van der Waals surface area (Å²) in [5.74, 6) is 1.75. The number of benzene rings is 2. The van der Waals surface area contributed by atoms with Gasteiger partial charge in [0.25, 0.3) is 0 Å². The van der Waals surface area contributed by atoms with Crippen LogP contribution in [-0.2, 0) is 0 Å². The summed E-state index contributed by atoms with van der Waals surface area (Å²) in [7, 11) is 0. The van der Waals surface area contributed by atoms with E-state index < -0.39 is 0 Å². The molecule has 3 aromatic rings. The molecule has 8 heteroatoms. The van der Waals surface area contributed by atoms with Gasteiger partial charge in [-0.05, 0) is 57.4 Å². The van der Waals surface area contributed by atoms with E-state index in [-0.39, 0.29) is 5.82 Å². The molecule has 0 aliphatic carbocycles. The van der Waals surface area contributed by atoms with Crippen LogP contribution >= 0.6 is 0 Å². The molecule has 0 saturated carbocycles. The Bertz CT molecular complexity index is 1610. The van der Waals surface area contributed by atoms with Gasteiger partial charge in [-0.2, -0.15) is 5.26 Å². The molecule has 0 unspecified atom stereocenters. The first-order chi connectivity index (χ1) is 20.3. The van der Waals surface area contributed by atoms with Crippen LogP contribution in [0.2, 0.25) is 0 Å². The Kier molecular flexibility index (Phi) is 9.66. The minimum Gasteiger partial charge on any atom is -0.384 e. The van der Waals surface area contributed by atoms with Crippen molar-refractivity contribution in [2.24, 2.45) is 15.7 Å². The summed E-state index contributed by atoms with van der Waals surface area (Å²) >= 11 is 0. The Morgan fingerprint density at radius 3 is 2.43 bits per heavy atom. The van der Waals surface area contributed by atoms with Crippen molar-refractivity contribution in [2.75, 3.05) is 18.0 Å². The van der Waals surface area contributed by atoms with Gasteiger partial charge in [0.1, 0.15) is 23.6 Å². The summed E-state index contributed by atoms with van der Waals surface area (Å²) in [4.78, 5) is 22.9. The van der Waals surface area contributed by atoms with Gasteiger partial charge in [-0.3, -0.25) is 4.90 Å². The number of allylic oxidation sites excluding steroid dienone is 3.